The number of nitrogens with zero attached hydrogens (tertiary/aromatic N) is 1. The Morgan fingerprint density at radius 1 is 0.967 bits per heavy atom. The molecule has 154 valence electrons. The van der Waals surface area contributed by atoms with E-state index < -0.39 is 5.97 Å². The average molecular weight is 418 g/mol. The Bertz CT molecular complexity index is 992. The first-order chi connectivity index (χ1) is 14.6. The van der Waals surface area contributed by atoms with Crippen LogP contribution in [0, 0.1) is 5.92 Å². The van der Waals surface area contributed by atoms with E-state index in [0.29, 0.717) is 13.1 Å². The van der Waals surface area contributed by atoms with Gasteiger partial charge in [-0.2, -0.15) is 0 Å². The van der Waals surface area contributed by atoms with Gasteiger partial charge in [0, 0.05) is 30.3 Å². The third-order valence-corrected chi connectivity index (χ3v) is 6.79. The zero-order valence-corrected chi connectivity index (χ0v) is 18.1. The first-order valence-electron chi connectivity index (χ1n) is 10.5. The molecule has 3 nitrogen and oxygen atoms in total. The maximum Gasteiger partial charge on any atom is 0.309 e. The number of hydrogen-bond donors (Lipinski definition) is 1. The Hall–Kier alpha value is -2.56. The van der Waals surface area contributed by atoms with Crippen molar-refractivity contribution in [3.63, 3.8) is 0 Å². The van der Waals surface area contributed by atoms with E-state index in [4.69, 9.17) is 5.11 Å². The summed E-state index contributed by atoms with van der Waals surface area (Å²) in [5, 5.41) is 8.97. The minimum absolute atomic E-state index is 0.192. The predicted molar refractivity (Wildman–Crippen MR) is 124 cm³/mol. The summed E-state index contributed by atoms with van der Waals surface area (Å²) in [6.07, 6.45) is 1.04. The van der Waals surface area contributed by atoms with Crippen LogP contribution in [0.2, 0.25) is 0 Å². The van der Waals surface area contributed by atoms with E-state index in [9.17, 15) is 4.79 Å². The molecule has 1 N–H and O–H groups in total. The maximum absolute atomic E-state index is 10.9. The van der Waals surface area contributed by atoms with Gasteiger partial charge in [-0.25, -0.2) is 0 Å². The molecule has 0 unspecified atom stereocenters. The van der Waals surface area contributed by atoms with Crippen molar-refractivity contribution >= 4 is 17.7 Å². The van der Waals surface area contributed by atoms with E-state index in [1.165, 1.54) is 32.7 Å². The molecule has 0 spiro atoms. The lowest BCUT2D eigenvalue weighted by Gasteiger charge is -2.36. The van der Waals surface area contributed by atoms with Gasteiger partial charge in [-0.15, -0.1) is 11.8 Å². The molecule has 0 aliphatic carbocycles. The molecule has 4 rings (SSSR count). The normalized spacial score (nSPS) is 14.4. The van der Waals surface area contributed by atoms with Crippen LogP contribution in [0.5, 0.6) is 0 Å². The zero-order chi connectivity index (χ0) is 20.9. The van der Waals surface area contributed by atoms with Gasteiger partial charge in [0.25, 0.3) is 0 Å². The molecule has 1 fully saturated rings. The number of benzene rings is 3. The summed E-state index contributed by atoms with van der Waals surface area (Å²) in [7, 11) is 0. The Morgan fingerprint density at radius 3 is 2.30 bits per heavy atom. The second-order valence-electron chi connectivity index (χ2n) is 7.87. The molecular formula is C26H27NO2S. The molecule has 0 aromatic heterocycles. The monoisotopic (exact) mass is 417 g/mol. The standard InChI is InChI=1S/C26H27NO2S/c1-2-21-5-3-4-6-25(21)22-11-13-24(14-12-22)30-18-20-9-7-19(8-10-20)15-27-16-23(17-27)26(28)29/h3-14,23H,2,15-18H2,1H3,(H,28,29). The molecule has 0 atom stereocenters. The zero-order valence-electron chi connectivity index (χ0n) is 17.3. The summed E-state index contributed by atoms with van der Waals surface area (Å²) in [6.45, 7) is 4.35. The summed E-state index contributed by atoms with van der Waals surface area (Å²) in [6, 6.07) is 26.2. The van der Waals surface area contributed by atoms with Gasteiger partial charge in [0.05, 0.1) is 5.92 Å². The molecule has 0 bridgehead atoms. The Labute approximate surface area is 182 Å². The number of rotatable bonds is 8. The molecular weight excluding hydrogens is 390 g/mol. The minimum atomic E-state index is -0.679. The van der Waals surface area contributed by atoms with E-state index in [1.54, 1.807) is 0 Å². The molecule has 1 aliphatic rings. The average Bonchev–Trinajstić information content (AvgIpc) is 2.75. The van der Waals surface area contributed by atoms with Gasteiger partial charge in [0.15, 0.2) is 0 Å². The number of hydrogen-bond acceptors (Lipinski definition) is 3. The van der Waals surface area contributed by atoms with Crippen LogP contribution < -0.4 is 0 Å². The number of likely N-dealkylation sites (tertiary alicyclic amines) is 1. The SMILES string of the molecule is CCc1ccccc1-c1ccc(SCc2ccc(CN3CC(C(=O)O)C3)cc2)cc1. The van der Waals surface area contributed by atoms with Gasteiger partial charge in [0.2, 0.25) is 0 Å². The van der Waals surface area contributed by atoms with Crippen molar-refractivity contribution in [1.82, 2.24) is 4.90 Å². The molecule has 0 amide bonds. The third-order valence-electron chi connectivity index (χ3n) is 5.70. The third kappa shape index (κ3) is 4.94. The van der Waals surface area contributed by atoms with Gasteiger partial charge >= 0.3 is 5.97 Å². The van der Waals surface area contributed by atoms with Crippen molar-refractivity contribution in [3.8, 4) is 11.1 Å². The van der Waals surface area contributed by atoms with Crippen LogP contribution in [0.1, 0.15) is 23.6 Å². The molecule has 3 aromatic rings. The number of aliphatic carboxylic acids is 1. The lowest BCUT2D eigenvalue weighted by Crippen LogP contribution is -2.49. The van der Waals surface area contributed by atoms with Crippen LogP contribution >= 0.6 is 11.8 Å². The number of carboxylic acid groups (broad SMARTS) is 1. The highest BCUT2D eigenvalue weighted by Gasteiger charge is 2.32. The van der Waals surface area contributed by atoms with E-state index in [2.05, 4.69) is 84.6 Å². The van der Waals surface area contributed by atoms with Crippen molar-refractivity contribution in [3.05, 3.63) is 89.5 Å². The maximum atomic E-state index is 10.9. The molecule has 1 aliphatic heterocycles. The summed E-state index contributed by atoms with van der Waals surface area (Å²) in [4.78, 5) is 14.4. The van der Waals surface area contributed by atoms with E-state index in [-0.39, 0.29) is 5.92 Å². The summed E-state index contributed by atoms with van der Waals surface area (Å²) in [5.41, 5.74) is 6.53. The number of carboxylic acids is 1. The second-order valence-corrected chi connectivity index (χ2v) is 8.92. The number of carbonyl (C=O) groups is 1. The summed E-state index contributed by atoms with van der Waals surface area (Å²) >= 11 is 1.85. The smallest absolute Gasteiger partial charge is 0.309 e. The van der Waals surface area contributed by atoms with E-state index in [1.807, 2.05) is 11.8 Å². The van der Waals surface area contributed by atoms with Crippen LogP contribution in [0.4, 0.5) is 0 Å². The molecule has 30 heavy (non-hydrogen) atoms. The Kier molecular flexibility index (Phi) is 6.56. The van der Waals surface area contributed by atoms with Crippen molar-refractivity contribution in [2.24, 2.45) is 5.92 Å². The number of aryl methyl sites for hydroxylation is 1. The van der Waals surface area contributed by atoms with E-state index in [0.717, 1.165) is 18.7 Å². The molecule has 1 heterocycles. The molecule has 0 radical (unpaired) electrons. The highest BCUT2D eigenvalue weighted by molar-refractivity contribution is 7.98. The second kappa shape index (κ2) is 9.50. The predicted octanol–water partition coefficient (Wildman–Crippen LogP) is 5.72. The van der Waals surface area contributed by atoms with Crippen LogP contribution in [0.3, 0.4) is 0 Å². The van der Waals surface area contributed by atoms with Gasteiger partial charge in [-0.05, 0) is 46.4 Å². The van der Waals surface area contributed by atoms with E-state index >= 15 is 0 Å². The van der Waals surface area contributed by atoms with Crippen molar-refractivity contribution in [2.45, 2.75) is 30.5 Å². The number of thioether (sulfide) groups is 1. The van der Waals surface area contributed by atoms with Crippen LogP contribution in [0.15, 0.2) is 77.7 Å². The van der Waals surface area contributed by atoms with Gasteiger partial charge in [-0.1, -0.05) is 67.6 Å². The summed E-state index contributed by atoms with van der Waals surface area (Å²) < 4.78 is 0. The minimum Gasteiger partial charge on any atom is -0.481 e. The lowest BCUT2D eigenvalue weighted by molar-refractivity contribution is -0.147. The molecule has 1 saturated heterocycles. The highest BCUT2D eigenvalue weighted by Crippen LogP contribution is 2.29. The van der Waals surface area contributed by atoms with Crippen LogP contribution in [-0.2, 0) is 23.5 Å². The summed E-state index contributed by atoms with van der Waals surface area (Å²) in [5.74, 6) is 0.0689. The van der Waals surface area contributed by atoms with Crippen molar-refractivity contribution < 1.29 is 9.90 Å². The van der Waals surface area contributed by atoms with Gasteiger partial charge < -0.3 is 5.11 Å². The molecule has 3 aromatic carbocycles. The first kappa shape index (κ1) is 20.7. The van der Waals surface area contributed by atoms with Crippen LogP contribution in [0.25, 0.3) is 11.1 Å². The topological polar surface area (TPSA) is 40.5 Å². The first-order valence-corrected chi connectivity index (χ1v) is 11.4. The quantitative estimate of drug-likeness (QED) is 0.476. The fourth-order valence-electron chi connectivity index (χ4n) is 3.86. The van der Waals surface area contributed by atoms with Crippen LogP contribution in [-0.4, -0.2) is 29.1 Å². The van der Waals surface area contributed by atoms with Crippen molar-refractivity contribution in [1.29, 1.82) is 0 Å². The van der Waals surface area contributed by atoms with Gasteiger partial charge in [-0.3, -0.25) is 9.69 Å². The fraction of sp³-hybridized carbons (Fsp3) is 0.269. The largest absolute Gasteiger partial charge is 0.481 e. The Morgan fingerprint density at radius 2 is 1.63 bits per heavy atom. The van der Waals surface area contributed by atoms with Gasteiger partial charge in [0.1, 0.15) is 0 Å². The lowest BCUT2D eigenvalue weighted by atomic mass is 9.98. The fourth-order valence-corrected chi connectivity index (χ4v) is 4.72. The molecule has 4 heteroatoms. The van der Waals surface area contributed by atoms with Crippen molar-refractivity contribution in [2.75, 3.05) is 13.1 Å². The Balaban J connectivity index is 1.30. The highest BCUT2D eigenvalue weighted by atomic mass is 32.2. The molecule has 0 saturated carbocycles.